The van der Waals surface area contributed by atoms with Crippen LogP contribution >= 0.6 is 0 Å². The normalized spacial score (nSPS) is 18.9. The van der Waals surface area contributed by atoms with Gasteiger partial charge in [-0.15, -0.1) is 0 Å². The molecule has 166 valence electrons. The largest absolute Gasteiger partial charge is 0.347 e. The molecule has 0 bridgehead atoms. The van der Waals surface area contributed by atoms with Crippen molar-refractivity contribution in [3.05, 3.63) is 24.3 Å². The number of nitrogens with one attached hydrogen (secondary N) is 2. The third-order valence-corrected chi connectivity index (χ3v) is 8.23. The summed E-state index contributed by atoms with van der Waals surface area (Å²) in [5.74, 6) is -0.372. The van der Waals surface area contributed by atoms with Crippen molar-refractivity contribution in [2.24, 2.45) is 5.92 Å². The number of nitrogens with zero attached hydrogens (tertiary/aromatic N) is 1. The fraction of sp³-hybridized carbons (Fsp3) is 0.636. The van der Waals surface area contributed by atoms with Gasteiger partial charge in [0.05, 0.1) is 11.4 Å². The second-order valence-electron chi connectivity index (χ2n) is 8.44. The molecule has 2 fully saturated rings. The topological polar surface area (TPSA) is 95.6 Å². The first-order valence-electron chi connectivity index (χ1n) is 11.0. The van der Waals surface area contributed by atoms with Crippen molar-refractivity contribution in [2.45, 2.75) is 75.1 Å². The highest BCUT2D eigenvalue weighted by Gasteiger charge is 2.29. The van der Waals surface area contributed by atoms with Gasteiger partial charge in [-0.2, -0.15) is 4.31 Å². The molecule has 1 aromatic rings. The molecule has 3 rings (SSSR count). The van der Waals surface area contributed by atoms with E-state index in [1.54, 1.807) is 19.2 Å². The van der Waals surface area contributed by atoms with Crippen LogP contribution in [-0.4, -0.2) is 44.2 Å². The van der Waals surface area contributed by atoms with Crippen molar-refractivity contribution in [1.82, 2.24) is 9.62 Å². The Morgan fingerprint density at radius 1 is 0.933 bits per heavy atom. The Bertz CT molecular complexity index is 826. The summed E-state index contributed by atoms with van der Waals surface area (Å²) in [6, 6.07) is 6.26. The molecule has 2 aliphatic carbocycles. The van der Waals surface area contributed by atoms with Gasteiger partial charge in [-0.3, -0.25) is 9.59 Å². The van der Waals surface area contributed by atoms with Gasteiger partial charge in [-0.25, -0.2) is 8.42 Å². The van der Waals surface area contributed by atoms with Gasteiger partial charge in [0, 0.05) is 24.7 Å². The maximum atomic E-state index is 12.9. The molecule has 0 unspecified atom stereocenters. The minimum atomic E-state index is -3.55. The van der Waals surface area contributed by atoms with Crippen LogP contribution in [0.3, 0.4) is 0 Å². The Kier molecular flexibility index (Phi) is 7.88. The van der Waals surface area contributed by atoms with E-state index in [2.05, 4.69) is 10.6 Å². The van der Waals surface area contributed by atoms with Crippen molar-refractivity contribution in [3.8, 4) is 0 Å². The molecular formula is C22H33N3O4S. The highest BCUT2D eigenvalue weighted by atomic mass is 32.2. The Balaban J connectivity index is 1.52. The monoisotopic (exact) mass is 435 g/mol. The summed E-state index contributed by atoms with van der Waals surface area (Å²) in [5, 5.41) is 5.42. The number of hydrogen-bond acceptors (Lipinski definition) is 4. The average molecular weight is 436 g/mol. The molecule has 0 aromatic heterocycles. The maximum Gasteiger partial charge on any atom is 0.243 e. The van der Waals surface area contributed by atoms with Crippen LogP contribution in [0.15, 0.2) is 29.2 Å². The van der Waals surface area contributed by atoms with Crippen LogP contribution in [0.4, 0.5) is 5.69 Å². The van der Waals surface area contributed by atoms with Gasteiger partial charge >= 0.3 is 0 Å². The number of rotatable bonds is 7. The van der Waals surface area contributed by atoms with E-state index >= 15 is 0 Å². The minimum absolute atomic E-state index is 0.0113. The van der Waals surface area contributed by atoms with E-state index in [1.165, 1.54) is 29.3 Å². The Labute approximate surface area is 179 Å². The quantitative estimate of drug-likeness (QED) is 0.687. The number of carbonyl (C=O) groups excluding carboxylic acids is 2. The van der Waals surface area contributed by atoms with Gasteiger partial charge < -0.3 is 10.6 Å². The summed E-state index contributed by atoms with van der Waals surface area (Å²) < 4.78 is 27.3. The van der Waals surface area contributed by atoms with Crippen molar-refractivity contribution in [2.75, 3.05) is 18.9 Å². The molecule has 2 N–H and O–H groups in total. The molecule has 0 spiro atoms. The van der Waals surface area contributed by atoms with Gasteiger partial charge in [-0.05, 0) is 49.9 Å². The third kappa shape index (κ3) is 5.82. The van der Waals surface area contributed by atoms with E-state index in [4.69, 9.17) is 0 Å². The lowest BCUT2D eigenvalue weighted by molar-refractivity contribution is -0.128. The lowest BCUT2D eigenvalue weighted by Gasteiger charge is -2.30. The van der Waals surface area contributed by atoms with Gasteiger partial charge in [0.1, 0.15) is 0 Å². The van der Waals surface area contributed by atoms with Crippen LogP contribution < -0.4 is 10.6 Å². The fourth-order valence-corrected chi connectivity index (χ4v) is 5.81. The van der Waals surface area contributed by atoms with Crippen LogP contribution in [0.1, 0.15) is 64.2 Å². The molecule has 0 heterocycles. The third-order valence-electron chi connectivity index (χ3n) is 6.30. The standard InChI is InChI=1S/C22H33N3O4S/c1-25(19-10-6-3-7-11-19)30(28,29)20-14-12-18(13-15-20)24-21(26)16-23-22(27)17-8-4-2-5-9-17/h12-15,17,19H,2-11,16H2,1H3,(H,23,27)(H,24,26). The van der Waals surface area contributed by atoms with Gasteiger partial charge in [0.2, 0.25) is 21.8 Å². The van der Waals surface area contributed by atoms with Gasteiger partial charge in [-0.1, -0.05) is 38.5 Å². The molecule has 1 aromatic carbocycles. The molecule has 0 aliphatic heterocycles. The van der Waals surface area contributed by atoms with E-state index in [9.17, 15) is 18.0 Å². The zero-order valence-electron chi connectivity index (χ0n) is 17.7. The number of sulfonamides is 1. The van der Waals surface area contributed by atoms with E-state index in [0.29, 0.717) is 5.69 Å². The van der Waals surface area contributed by atoms with Gasteiger partial charge in [0.15, 0.2) is 0 Å². The molecule has 0 radical (unpaired) electrons. The number of anilines is 1. The summed E-state index contributed by atoms with van der Waals surface area (Å²) in [6.07, 6.45) is 10.2. The second kappa shape index (κ2) is 10.4. The van der Waals surface area contributed by atoms with Crippen molar-refractivity contribution >= 4 is 27.5 Å². The first kappa shape index (κ1) is 22.7. The average Bonchev–Trinajstić information content (AvgIpc) is 2.78. The molecule has 30 heavy (non-hydrogen) atoms. The number of hydrogen-bond donors (Lipinski definition) is 2. The molecular weight excluding hydrogens is 402 g/mol. The Hall–Kier alpha value is -1.93. The Morgan fingerprint density at radius 2 is 1.50 bits per heavy atom. The smallest absolute Gasteiger partial charge is 0.243 e. The van der Waals surface area contributed by atoms with Crippen LogP contribution in [0.5, 0.6) is 0 Å². The fourth-order valence-electron chi connectivity index (χ4n) is 4.40. The summed E-state index contributed by atoms with van der Waals surface area (Å²) >= 11 is 0. The first-order valence-corrected chi connectivity index (χ1v) is 12.5. The predicted octanol–water partition coefficient (Wildman–Crippen LogP) is 3.27. The first-order chi connectivity index (χ1) is 14.4. The Morgan fingerprint density at radius 3 is 2.10 bits per heavy atom. The molecule has 8 heteroatoms. The lowest BCUT2D eigenvalue weighted by atomic mass is 9.89. The van der Waals surface area contributed by atoms with E-state index in [0.717, 1.165) is 51.4 Å². The van der Waals surface area contributed by atoms with Crippen molar-refractivity contribution in [1.29, 1.82) is 0 Å². The second-order valence-corrected chi connectivity index (χ2v) is 10.4. The zero-order valence-corrected chi connectivity index (χ0v) is 18.5. The van der Waals surface area contributed by atoms with Crippen LogP contribution in [0.2, 0.25) is 0 Å². The molecule has 7 nitrogen and oxygen atoms in total. The molecule has 2 aliphatic rings. The number of amides is 2. The van der Waals surface area contributed by atoms with E-state index < -0.39 is 10.0 Å². The summed E-state index contributed by atoms with van der Waals surface area (Å²) in [7, 11) is -1.91. The lowest BCUT2D eigenvalue weighted by Crippen LogP contribution is -2.38. The number of carbonyl (C=O) groups is 2. The SMILES string of the molecule is CN(C1CCCCC1)S(=O)(=O)c1ccc(NC(=O)CNC(=O)C2CCCCC2)cc1. The minimum Gasteiger partial charge on any atom is -0.347 e. The van der Waals surface area contributed by atoms with Crippen LogP contribution in [-0.2, 0) is 19.6 Å². The molecule has 2 amide bonds. The highest BCUT2D eigenvalue weighted by molar-refractivity contribution is 7.89. The van der Waals surface area contributed by atoms with E-state index in [-0.39, 0.29) is 35.2 Å². The maximum absolute atomic E-state index is 12.9. The van der Waals surface area contributed by atoms with Crippen LogP contribution in [0, 0.1) is 5.92 Å². The summed E-state index contributed by atoms with van der Waals surface area (Å²) in [5.41, 5.74) is 0.506. The van der Waals surface area contributed by atoms with Crippen molar-refractivity contribution < 1.29 is 18.0 Å². The van der Waals surface area contributed by atoms with Gasteiger partial charge in [0.25, 0.3) is 0 Å². The molecule has 2 saturated carbocycles. The summed E-state index contributed by atoms with van der Waals surface area (Å²) in [6.45, 7) is -0.0835. The van der Waals surface area contributed by atoms with E-state index in [1.807, 2.05) is 0 Å². The van der Waals surface area contributed by atoms with Crippen LogP contribution in [0.25, 0.3) is 0 Å². The molecule has 0 saturated heterocycles. The summed E-state index contributed by atoms with van der Waals surface area (Å²) in [4.78, 5) is 24.5. The molecule has 0 atom stereocenters. The zero-order chi connectivity index (χ0) is 21.6. The van der Waals surface area contributed by atoms with Crippen molar-refractivity contribution in [3.63, 3.8) is 0 Å². The predicted molar refractivity (Wildman–Crippen MR) is 116 cm³/mol. The highest BCUT2D eigenvalue weighted by Crippen LogP contribution is 2.27. The number of benzene rings is 1.